The molecule has 0 aliphatic carbocycles. The first-order valence-corrected chi connectivity index (χ1v) is 12.0. The Morgan fingerprint density at radius 2 is 2.06 bits per heavy atom. The first-order chi connectivity index (χ1) is 16.0. The number of ether oxygens (including phenoxy) is 1. The van der Waals surface area contributed by atoms with Gasteiger partial charge in [0.15, 0.2) is 5.13 Å². The van der Waals surface area contributed by atoms with Crippen molar-refractivity contribution in [2.45, 2.75) is 38.7 Å². The van der Waals surface area contributed by atoms with Crippen molar-refractivity contribution in [2.75, 3.05) is 23.4 Å². The zero-order chi connectivity index (χ0) is 23.2. The van der Waals surface area contributed by atoms with E-state index in [1.807, 2.05) is 5.38 Å². The second kappa shape index (κ2) is 10.7. The average Bonchev–Trinajstić information content (AvgIpc) is 3.53. The summed E-state index contributed by atoms with van der Waals surface area (Å²) in [5, 5.41) is 5.31. The SMILES string of the molecule is CCCCN(C(=O)c1cccc(NC(=O)C2CCCO2)c1)c1nc(-c2ccc(F)cc2)cs1. The van der Waals surface area contributed by atoms with Crippen molar-refractivity contribution in [3.8, 4) is 11.3 Å². The quantitative estimate of drug-likeness (QED) is 0.474. The van der Waals surface area contributed by atoms with Crippen LogP contribution in [0, 0.1) is 5.82 Å². The molecular weight excluding hydrogens is 441 g/mol. The van der Waals surface area contributed by atoms with E-state index in [1.54, 1.807) is 41.3 Å². The molecule has 0 saturated carbocycles. The number of carbonyl (C=O) groups is 2. The van der Waals surface area contributed by atoms with E-state index in [2.05, 4.69) is 17.2 Å². The Balaban J connectivity index is 1.54. The summed E-state index contributed by atoms with van der Waals surface area (Å²) < 4.78 is 18.7. The first kappa shape index (κ1) is 23.1. The Morgan fingerprint density at radius 1 is 1.24 bits per heavy atom. The van der Waals surface area contributed by atoms with Crippen LogP contribution in [0.3, 0.4) is 0 Å². The van der Waals surface area contributed by atoms with Crippen LogP contribution in [0.1, 0.15) is 43.0 Å². The van der Waals surface area contributed by atoms with Gasteiger partial charge in [-0.15, -0.1) is 11.3 Å². The molecular formula is C25H26FN3O3S. The fourth-order valence-electron chi connectivity index (χ4n) is 3.63. The molecule has 33 heavy (non-hydrogen) atoms. The number of amides is 2. The fraction of sp³-hybridized carbons (Fsp3) is 0.320. The van der Waals surface area contributed by atoms with Crippen molar-refractivity contribution in [1.29, 1.82) is 0 Å². The largest absolute Gasteiger partial charge is 0.368 e. The van der Waals surface area contributed by atoms with Crippen LogP contribution in [0.25, 0.3) is 11.3 Å². The molecule has 0 radical (unpaired) electrons. The molecule has 0 spiro atoms. The number of thiazole rings is 1. The van der Waals surface area contributed by atoms with E-state index in [0.29, 0.717) is 41.6 Å². The van der Waals surface area contributed by atoms with Crippen LogP contribution in [0.4, 0.5) is 15.2 Å². The third-order valence-corrected chi connectivity index (χ3v) is 6.31. The topological polar surface area (TPSA) is 71.5 Å². The number of anilines is 2. The van der Waals surface area contributed by atoms with Crippen molar-refractivity contribution in [2.24, 2.45) is 0 Å². The van der Waals surface area contributed by atoms with E-state index >= 15 is 0 Å². The van der Waals surface area contributed by atoms with E-state index < -0.39 is 6.10 Å². The number of rotatable bonds is 8. The Morgan fingerprint density at radius 3 is 2.79 bits per heavy atom. The number of aromatic nitrogens is 1. The van der Waals surface area contributed by atoms with Gasteiger partial charge < -0.3 is 10.1 Å². The van der Waals surface area contributed by atoms with Gasteiger partial charge in [-0.3, -0.25) is 14.5 Å². The lowest BCUT2D eigenvalue weighted by Gasteiger charge is -2.20. The number of carbonyl (C=O) groups excluding carboxylic acids is 2. The van der Waals surface area contributed by atoms with E-state index in [9.17, 15) is 14.0 Å². The van der Waals surface area contributed by atoms with Gasteiger partial charge in [0, 0.05) is 35.3 Å². The van der Waals surface area contributed by atoms with Crippen molar-refractivity contribution >= 4 is 34.0 Å². The molecule has 1 atom stereocenters. The Labute approximate surface area is 196 Å². The predicted octanol–water partition coefficient (Wildman–Crippen LogP) is 5.51. The van der Waals surface area contributed by atoms with Crippen molar-refractivity contribution in [3.05, 3.63) is 65.3 Å². The lowest BCUT2D eigenvalue weighted by molar-refractivity contribution is -0.124. The number of nitrogens with zero attached hydrogens (tertiary/aromatic N) is 2. The minimum atomic E-state index is -0.439. The highest BCUT2D eigenvalue weighted by atomic mass is 32.1. The summed E-state index contributed by atoms with van der Waals surface area (Å²) in [5.41, 5.74) is 2.51. The van der Waals surface area contributed by atoms with Crippen LogP contribution in [-0.2, 0) is 9.53 Å². The van der Waals surface area contributed by atoms with Crippen LogP contribution >= 0.6 is 11.3 Å². The number of halogens is 1. The number of hydrogen-bond donors (Lipinski definition) is 1. The van der Waals surface area contributed by atoms with Gasteiger partial charge in [-0.2, -0.15) is 0 Å². The van der Waals surface area contributed by atoms with Gasteiger partial charge in [0.2, 0.25) is 0 Å². The highest BCUT2D eigenvalue weighted by Gasteiger charge is 2.25. The van der Waals surface area contributed by atoms with Gasteiger partial charge in [-0.1, -0.05) is 19.4 Å². The van der Waals surface area contributed by atoms with Crippen molar-refractivity contribution in [1.82, 2.24) is 4.98 Å². The second-order valence-corrected chi connectivity index (χ2v) is 8.74. The number of nitrogens with one attached hydrogen (secondary N) is 1. The summed E-state index contributed by atoms with van der Waals surface area (Å²) in [6.45, 7) is 3.19. The maximum absolute atomic E-state index is 13.4. The van der Waals surface area contributed by atoms with Crippen LogP contribution in [0.2, 0.25) is 0 Å². The lowest BCUT2D eigenvalue weighted by atomic mass is 10.1. The Bertz CT molecular complexity index is 1110. The molecule has 2 aromatic carbocycles. The highest BCUT2D eigenvalue weighted by molar-refractivity contribution is 7.14. The molecule has 1 saturated heterocycles. The lowest BCUT2D eigenvalue weighted by Crippen LogP contribution is -2.32. The van der Waals surface area contributed by atoms with Crippen LogP contribution in [0.15, 0.2) is 53.9 Å². The number of unbranched alkanes of at least 4 members (excludes halogenated alkanes) is 1. The summed E-state index contributed by atoms with van der Waals surface area (Å²) in [4.78, 5) is 32.1. The molecule has 1 aliphatic rings. The first-order valence-electron chi connectivity index (χ1n) is 11.1. The highest BCUT2D eigenvalue weighted by Crippen LogP contribution is 2.29. The Hall–Kier alpha value is -3.10. The molecule has 3 aromatic rings. The van der Waals surface area contributed by atoms with Gasteiger partial charge in [-0.05, 0) is 61.7 Å². The van der Waals surface area contributed by atoms with Gasteiger partial charge >= 0.3 is 0 Å². The van der Waals surface area contributed by atoms with Crippen LogP contribution < -0.4 is 10.2 Å². The molecule has 1 aromatic heterocycles. The third-order valence-electron chi connectivity index (χ3n) is 5.44. The normalized spacial score (nSPS) is 15.4. The second-order valence-electron chi connectivity index (χ2n) is 7.90. The molecule has 1 fully saturated rings. The molecule has 8 heteroatoms. The molecule has 172 valence electrons. The molecule has 4 rings (SSSR count). The van der Waals surface area contributed by atoms with Gasteiger partial charge in [-0.25, -0.2) is 9.37 Å². The van der Waals surface area contributed by atoms with E-state index in [4.69, 9.17) is 4.74 Å². The minimum absolute atomic E-state index is 0.184. The molecule has 2 heterocycles. The summed E-state index contributed by atoms with van der Waals surface area (Å²) in [6.07, 6.45) is 2.89. The van der Waals surface area contributed by atoms with E-state index in [-0.39, 0.29) is 17.6 Å². The van der Waals surface area contributed by atoms with Gasteiger partial charge in [0.25, 0.3) is 11.8 Å². The zero-order valence-electron chi connectivity index (χ0n) is 18.4. The minimum Gasteiger partial charge on any atom is -0.368 e. The van der Waals surface area contributed by atoms with E-state index in [0.717, 1.165) is 24.8 Å². The monoisotopic (exact) mass is 467 g/mol. The van der Waals surface area contributed by atoms with Crippen molar-refractivity contribution in [3.63, 3.8) is 0 Å². The van der Waals surface area contributed by atoms with Gasteiger partial charge in [0.1, 0.15) is 11.9 Å². The van der Waals surface area contributed by atoms with Crippen LogP contribution in [0.5, 0.6) is 0 Å². The van der Waals surface area contributed by atoms with Crippen LogP contribution in [-0.4, -0.2) is 36.1 Å². The van der Waals surface area contributed by atoms with E-state index in [1.165, 1.54) is 23.5 Å². The smallest absolute Gasteiger partial charge is 0.260 e. The summed E-state index contributed by atoms with van der Waals surface area (Å²) >= 11 is 1.38. The maximum atomic E-state index is 13.4. The molecule has 1 unspecified atom stereocenters. The zero-order valence-corrected chi connectivity index (χ0v) is 19.2. The average molecular weight is 468 g/mol. The number of hydrogen-bond acceptors (Lipinski definition) is 5. The fourth-order valence-corrected chi connectivity index (χ4v) is 4.49. The standard InChI is InChI=1S/C25H26FN3O3S/c1-2-3-13-29(25-28-21(16-33-25)17-9-11-19(26)12-10-17)24(31)18-6-4-7-20(15-18)27-23(30)22-8-5-14-32-22/h4,6-7,9-12,15-16,22H,2-3,5,8,13-14H2,1H3,(H,27,30). The Kier molecular flexibility index (Phi) is 7.47. The molecule has 1 aliphatic heterocycles. The van der Waals surface area contributed by atoms with Gasteiger partial charge in [0.05, 0.1) is 5.69 Å². The molecule has 2 amide bonds. The predicted molar refractivity (Wildman–Crippen MR) is 128 cm³/mol. The summed E-state index contributed by atoms with van der Waals surface area (Å²) in [5.74, 6) is -0.680. The number of benzene rings is 2. The molecule has 0 bridgehead atoms. The van der Waals surface area contributed by atoms with Crippen molar-refractivity contribution < 1.29 is 18.7 Å². The summed E-state index contributed by atoms with van der Waals surface area (Å²) in [7, 11) is 0. The maximum Gasteiger partial charge on any atom is 0.260 e. The summed E-state index contributed by atoms with van der Waals surface area (Å²) in [6, 6.07) is 13.1. The molecule has 6 nitrogen and oxygen atoms in total. The molecule has 1 N–H and O–H groups in total. The third kappa shape index (κ3) is 5.64.